The Balaban J connectivity index is 1.73. The molecule has 0 saturated heterocycles. The first-order valence-electron chi connectivity index (χ1n) is 8.49. The molecule has 0 aliphatic carbocycles. The second-order valence-corrected chi connectivity index (χ2v) is 5.92. The number of amides is 1. The van der Waals surface area contributed by atoms with Crippen LogP contribution in [-0.4, -0.2) is 23.8 Å². The number of nitrogens with one attached hydrogen (secondary N) is 1. The summed E-state index contributed by atoms with van der Waals surface area (Å²) in [6, 6.07) is 16.3. The number of methoxy groups -OCH3 is 1. The summed E-state index contributed by atoms with van der Waals surface area (Å²) >= 11 is 0. The van der Waals surface area contributed by atoms with Gasteiger partial charge in [0.05, 0.1) is 19.9 Å². The largest absolute Gasteiger partial charge is 0.497 e. The highest BCUT2D eigenvalue weighted by Crippen LogP contribution is 2.12. The van der Waals surface area contributed by atoms with Gasteiger partial charge in [0.2, 0.25) is 0 Å². The van der Waals surface area contributed by atoms with Crippen LogP contribution in [0.25, 0.3) is 0 Å². The maximum Gasteiger partial charge on any atom is 0.276 e. The van der Waals surface area contributed by atoms with Crippen molar-refractivity contribution in [3.05, 3.63) is 99.7 Å². The zero-order chi connectivity index (χ0) is 19.9. The molecule has 6 nitrogen and oxygen atoms in total. The summed E-state index contributed by atoms with van der Waals surface area (Å²) in [4.78, 5) is 24.9. The number of hydrogen-bond acceptors (Lipinski definition) is 4. The maximum atomic E-state index is 13.5. The lowest BCUT2D eigenvalue weighted by atomic mass is 10.2. The Morgan fingerprint density at radius 2 is 1.89 bits per heavy atom. The van der Waals surface area contributed by atoms with E-state index in [1.807, 2.05) is 12.1 Å². The van der Waals surface area contributed by atoms with Crippen LogP contribution in [0.2, 0.25) is 0 Å². The van der Waals surface area contributed by atoms with E-state index >= 15 is 0 Å². The molecule has 0 aliphatic heterocycles. The summed E-state index contributed by atoms with van der Waals surface area (Å²) < 4.78 is 20.1. The van der Waals surface area contributed by atoms with Crippen molar-refractivity contribution in [1.29, 1.82) is 0 Å². The molecule has 0 unspecified atom stereocenters. The van der Waals surface area contributed by atoms with Gasteiger partial charge >= 0.3 is 0 Å². The number of pyridine rings is 1. The van der Waals surface area contributed by atoms with Gasteiger partial charge in [-0.3, -0.25) is 9.59 Å². The highest BCUT2D eigenvalue weighted by Gasteiger charge is 2.11. The van der Waals surface area contributed by atoms with Crippen molar-refractivity contribution >= 4 is 12.1 Å². The molecule has 3 aromatic rings. The van der Waals surface area contributed by atoms with Gasteiger partial charge in [-0.15, -0.1) is 0 Å². The Morgan fingerprint density at radius 1 is 1.14 bits per heavy atom. The van der Waals surface area contributed by atoms with Gasteiger partial charge in [0.25, 0.3) is 11.5 Å². The van der Waals surface area contributed by atoms with Gasteiger partial charge in [0.15, 0.2) is 0 Å². The molecule has 1 heterocycles. The van der Waals surface area contributed by atoms with E-state index in [0.717, 1.165) is 11.3 Å². The average molecular weight is 379 g/mol. The highest BCUT2D eigenvalue weighted by atomic mass is 19.1. The zero-order valence-electron chi connectivity index (χ0n) is 15.1. The Morgan fingerprint density at radius 3 is 2.61 bits per heavy atom. The molecule has 0 radical (unpaired) electrons. The number of carbonyl (C=O) groups is 1. The molecule has 7 heteroatoms. The molecule has 28 heavy (non-hydrogen) atoms. The molecule has 0 aliphatic rings. The van der Waals surface area contributed by atoms with Crippen molar-refractivity contribution < 1.29 is 13.9 Å². The molecule has 0 spiro atoms. The van der Waals surface area contributed by atoms with Crippen molar-refractivity contribution in [2.75, 3.05) is 7.11 Å². The van der Waals surface area contributed by atoms with Crippen LogP contribution in [0.5, 0.6) is 5.75 Å². The third-order valence-electron chi connectivity index (χ3n) is 4.05. The molecular formula is C21H18FN3O3. The molecule has 0 atom stereocenters. The molecular weight excluding hydrogens is 361 g/mol. The summed E-state index contributed by atoms with van der Waals surface area (Å²) in [6.45, 7) is 0.308. The number of hydrogen-bond donors (Lipinski definition) is 1. The third kappa shape index (κ3) is 4.50. The van der Waals surface area contributed by atoms with Gasteiger partial charge in [0, 0.05) is 11.8 Å². The second-order valence-electron chi connectivity index (χ2n) is 5.92. The number of carbonyl (C=O) groups excluding carboxylic acids is 1. The number of halogens is 1. The quantitative estimate of drug-likeness (QED) is 0.529. The fourth-order valence-electron chi connectivity index (χ4n) is 2.56. The molecule has 1 aromatic heterocycles. The Bertz CT molecular complexity index is 1060. The highest BCUT2D eigenvalue weighted by molar-refractivity contribution is 5.94. The summed E-state index contributed by atoms with van der Waals surface area (Å²) in [6.07, 6.45) is 2.79. The predicted molar refractivity (Wildman–Crippen MR) is 104 cm³/mol. The first-order chi connectivity index (χ1) is 13.6. The predicted octanol–water partition coefficient (Wildman–Crippen LogP) is 2.81. The van der Waals surface area contributed by atoms with Crippen molar-refractivity contribution in [2.24, 2.45) is 5.10 Å². The van der Waals surface area contributed by atoms with Gasteiger partial charge in [-0.2, -0.15) is 5.10 Å². The summed E-state index contributed by atoms with van der Waals surface area (Å²) in [5, 5.41) is 3.73. The Labute approximate surface area is 160 Å². The topological polar surface area (TPSA) is 72.7 Å². The first-order valence-corrected chi connectivity index (χ1v) is 8.49. The van der Waals surface area contributed by atoms with Crippen molar-refractivity contribution in [1.82, 2.24) is 9.99 Å². The Hall–Kier alpha value is -3.74. The van der Waals surface area contributed by atoms with E-state index in [-0.39, 0.29) is 11.1 Å². The van der Waals surface area contributed by atoms with Gasteiger partial charge in [-0.1, -0.05) is 30.3 Å². The fourth-order valence-corrected chi connectivity index (χ4v) is 2.56. The number of aromatic nitrogens is 1. The lowest BCUT2D eigenvalue weighted by Gasteiger charge is -2.08. The zero-order valence-corrected chi connectivity index (χ0v) is 15.1. The van der Waals surface area contributed by atoms with Crippen LogP contribution in [0.15, 0.2) is 76.8 Å². The standard InChI is InChI=1S/C21H18FN3O3/c1-28-17-10-8-15(9-11-17)14-25-12-4-6-18(21(25)27)20(26)24-23-13-16-5-2-3-7-19(16)22/h2-13H,14H2,1H3,(H,24,26)/b23-13-. The molecule has 1 N–H and O–H groups in total. The van der Waals surface area contributed by atoms with Crippen LogP contribution < -0.4 is 15.7 Å². The van der Waals surface area contributed by atoms with E-state index in [2.05, 4.69) is 10.5 Å². The lowest BCUT2D eigenvalue weighted by molar-refractivity contribution is 0.0953. The maximum absolute atomic E-state index is 13.5. The van der Waals surface area contributed by atoms with E-state index in [4.69, 9.17) is 4.74 Å². The van der Waals surface area contributed by atoms with E-state index in [0.29, 0.717) is 6.54 Å². The van der Waals surface area contributed by atoms with Crippen molar-refractivity contribution in [3.63, 3.8) is 0 Å². The van der Waals surface area contributed by atoms with Gasteiger partial charge in [-0.05, 0) is 35.9 Å². The average Bonchev–Trinajstić information content (AvgIpc) is 2.71. The monoisotopic (exact) mass is 379 g/mol. The van der Waals surface area contributed by atoms with Crippen LogP contribution in [-0.2, 0) is 6.54 Å². The van der Waals surface area contributed by atoms with Crippen LogP contribution in [0.1, 0.15) is 21.5 Å². The van der Waals surface area contributed by atoms with E-state index in [9.17, 15) is 14.0 Å². The minimum Gasteiger partial charge on any atom is -0.497 e. The first kappa shape index (κ1) is 19.0. The van der Waals surface area contributed by atoms with Crippen LogP contribution in [0.4, 0.5) is 4.39 Å². The number of hydrazone groups is 1. The molecule has 1 amide bonds. The van der Waals surface area contributed by atoms with Crippen molar-refractivity contribution in [2.45, 2.75) is 6.54 Å². The molecule has 3 rings (SSSR count). The smallest absolute Gasteiger partial charge is 0.276 e. The molecule has 2 aromatic carbocycles. The van der Waals surface area contributed by atoms with E-state index < -0.39 is 17.3 Å². The normalized spacial score (nSPS) is 10.8. The van der Waals surface area contributed by atoms with E-state index in [1.165, 1.54) is 29.0 Å². The van der Waals surface area contributed by atoms with Gasteiger partial charge in [-0.25, -0.2) is 9.82 Å². The van der Waals surface area contributed by atoms with Gasteiger partial charge in [0.1, 0.15) is 17.1 Å². The lowest BCUT2D eigenvalue weighted by Crippen LogP contribution is -2.30. The van der Waals surface area contributed by atoms with Gasteiger partial charge < -0.3 is 9.30 Å². The number of benzene rings is 2. The summed E-state index contributed by atoms with van der Waals surface area (Å²) in [5.41, 5.74) is 2.87. The third-order valence-corrected chi connectivity index (χ3v) is 4.05. The summed E-state index contributed by atoms with van der Waals surface area (Å²) in [5.74, 6) is -0.402. The van der Waals surface area contributed by atoms with Crippen LogP contribution >= 0.6 is 0 Å². The minimum atomic E-state index is -0.665. The van der Waals surface area contributed by atoms with Crippen LogP contribution in [0.3, 0.4) is 0 Å². The summed E-state index contributed by atoms with van der Waals surface area (Å²) in [7, 11) is 1.58. The molecule has 0 fully saturated rings. The molecule has 0 saturated carbocycles. The number of ether oxygens (including phenoxy) is 1. The number of nitrogens with zero attached hydrogens (tertiary/aromatic N) is 2. The fraction of sp³-hybridized carbons (Fsp3) is 0.0952. The number of rotatable bonds is 6. The second kappa shape index (κ2) is 8.77. The SMILES string of the molecule is COc1ccc(Cn2cccc(C(=O)N/N=C\c3ccccc3F)c2=O)cc1. The minimum absolute atomic E-state index is 0.0540. The van der Waals surface area contributed by atoms with E-state index in [1.54, 1.807) is 43.6 Å². The molecule has 142 valence electrons. The molecule has 0 bridgehead atoms. The Kier molecular flexibility index (Phi) is 5.96. The van der Waals surface area contributed by atoms with Crippen LogP contribution in [0, 0.1) is 5.82 Å². The van der Waals surface area contributed by atoms with Crippen molar-refractivity contribution in [3.8, 4) is 5.75 Å².